The van der Waals surface area contributed by atoms with Crippen LogP contribution in [0.1, 0.15) is 98.2 Å². The lowest BCUT2D eigenvalue weighted by atomic mass is 10.0. The summed E-state index contributed by atoms with van der Waals surface area (Å²) < 4.78 is 0. The number of hydrogen-bond donors (Lipinski definition) is 0. The quantitative estimate of drug-likeness (QED) is 0.0633. The van der Waals surface area contributed by atoms with E-state index >= 15 is 0 Å². The van der Waals surface area contributed by atoms with Crippen molar-refractivity contribution in [1.29, 1.82) is 0 Å². The Balaban J connectivity index is 0.000000189. The molecule has 0 aliphatic rings. The van der Waals surface area contributed by atoms with Gasteiger partial charge < -0.3 is 19.6 Å². The molecule has 0 amide bonds. The SMILES string of the molecule is CCCCc1ccc(N(c2ccc(-c3ccc(N(c4ccccc4)c4cccc(C)c4)cc3)cc2)c2cccc(C)c2)cc1.CCCCc1ccc(N(c2ccc(C)cc2)c2ccc(-c3ccc(N(c4ccc(CCCC)cc4)c4cccc(C)c4)cc3)cc2)cc1. The minimum atomic E-state index is 1.13. The van der Waals surface area contributed by atoms with Gasteiger partial charge in [0.05, 0.1) is 0 Å². The molecule has 0 aliphatic carbocycles. The summed E-state index contributed by atoms with van der Waals surface area (Å²) in [6.07, 6.45) is 10.7. The number of rotatable bonds is 23. The van der Waals surface area contributed by atoms with Crippen LogP contribution in [0.2, 0.25) is 0 Å². The average molecular weight is 1200 g/mol. The molecule has 4 heteroatoms. The Labute approximate surface area is 549 Å². The summed E-state index contributed by atoms with van der Waals surface area (Å²) in [5.41, 5.74) is 27.9. The van der Waals surface area contributed by atoms with Crippen molar-refractivity contribution in [2.24, 2.45) is 0 Å². The summed E-state index contributed by atoms with van der Waals surface area (Å²) in [6.45, 7) is 15.3. The molecule has 0 N–H and O–H groups in total. The molecule has 0 aromatic heterocycles. The van der Waals surface area contributed by atoms with Crippen molar-refractivity contribution < 1.29 is 0 Å². The van der Waals surface area contributed by atoms with Crippen molar-refractivity contribution in [3.63, 3.8) is 0 Å². The summed E-state index contributed by atoms with van der Waals surface area (Å²) in [7, 11) is 0. The molecule has 0 heterocycles. The van der Waals surface area contributed by atoms with E-state index in [1.807, 2.05) is 0 Å². The van der Waals surface area contributed by atoms with Crippen LogP contribution in [-0.2, 0) is 19.3 Å². The fourth-order valence-electron chi connectivity index (χ4n) is 12.2. The first-order valence-electron chi connectivity index (χ1n) is 33.3. The lowest BCUT2D eigenvalue weighted by Crippen LogP contribution is -2.10. The molecule has 0 aliphatic heterocycles. The van der Waals surface area contributed by atoms with Crippen molar-refractivity contribution >= 4 is 68.2 Å². The highest BCUT2D eigenvalue weighted by molar-refractivity contribution is 5.83. The molecule has 0 atom stereocenters. The number of unbranched alkanes of at least 4 members (excludes halogenated alkanes) is 3. The van der Waals surface area contributed by atoms with Gasteiger partial charge in [-0.1, -0.05) is 197 Å². The molecule has 460 valence electrons. The van der Waals surface area contributed by atoms with E-state index in [0.717, 1.165) is 59.1 Å². The molecule has 0 radical (unpaired) electrons. The summed E-state index contributed by atoms with van der Waals surface area (Å²) in [5.74, 6) is 0. The van der Waals surface area contributed by atoms with E-state index in [1.54, 1.807) is 0 Å². The number of nitrogens with zero attached hydrogens (tertiary/aromatic N) is 4. The highest BCUT2D eigenvalue weighted by atomic mass is 15.2. The summed E-state index contributed by atoms with van der Waals surface area (Å²) in [4.78, 5) is 9.37. The molecule has 12 rings (SSSR count). The van der Waals surface area contributed by atoms with Crippen LogP contribution in [0.4, 0.5) is 68.2 Å². The van der Waals surface area contributed by atoms with Crippen LogP contribution in [0.5, 0.6) is 0 Å². The highest BCUT2D eigenvalue weighted by Gasteiger charge is 2.18. The second kappa shape index (κ2) is 31.0. The zero-order valence-corrected chi connectivity index (χ0v) is 54.9. The van der Waals surface area contributed by atoms with Crippen LogP contribution >= 0.6 is 0 Å². The van der Waals surface area contributed by atoms with Crippen molar-refractivity contribution in [2.75, 3.05) is 19.6 Å². The molecule has 0 unspecified atom stereocenters. The second-order valence-corrected chi connectivity index (χ2v) is 24.5. The Morgan fingerprint density at radius 2 is 0.413 bits per heavy atom. The van der Waals surface area contributed by atoms with Gasteiger partial charge in [0.2, 0.25) is 0 Å². The van der Waals surface area contributed by atoms with E-state index in [2.05, 4.69) is 365 Å². The summed E-state index contributed by atoms with van der Waals surface area (Å²) in [6, 6.07) is 109. The maximum atomic E-state index is 2.36. The minimum Gasteiger partial charge on any atom is -0.311 e. The third kappa shape index (κ3) is 16.1. The molecule has 12 aromatic rings. The fourth-order valence-corrected chi connectivity index (χ4v) is 12.2. The van der Waals surface area contributed by atoms with Crippen LogP contribution in [0, 0.1) is 27.7 Å². The molecule has 0 fully saturated rings. The Hall–Kier alpha value is -10.2. The van der Waals surface area contributed by atoms with Gasteiger partial charge in [-0.3, -0.25) is 0 Å². The van der Waals surface area contributed by atoms with Gasteiger partial charge in [0, 0.05) is 68.2 Å². The van der Waals surface area contributed by atoms with Crippen molar-refractivity contribution in [1.82, 2.24) is 0 Å². The molecular weight excluding hydrogens is 1110 g/mol. The fraction of sp³-hybridized carbons (Fsp3) is 0.182. The molecule has 0 bridgehead atoms. The first-order valence-corrected chi connectivity index (χ1v) is 33.3. The molecule has 12 aromatic carbocycles. The average Bonchev–Trinajstić information content (AvgIpc) is 0.904. The Bertz CT molecular complexity index is 4210. The van der Waals surface area contributed by atoms with Crippen LogP contribution in [0.15, 0.2) is 297 Å². The highest BCUT2D eigenvalue weighted by Crippen LogP contribution is 2.41. The molecule has 0 spiro atoms. The maximum absolute atomic E-state index is 2.36. The third-order valence-corrected chi connectivity index (χ3v) is 17.3. The third-order valence-electron chi connectivity index (χ3n) is 17.3. The van der Waals surface area contributed by atoms with Crippen LogP contribution in [0.3, 0.4) is 0 Å². The Kier molecular flexibility index (Phi) is 21.4. The molecule has 92 heavy (non-hydrogen) atoms. The van der Waals surface area contributed by atoms with E-state index in [-0.39, 0.29) is 0 Å². The number of anilines is 12. The normalized spacial score (nSPS) is 10.9. The van der Waals surface area contributed by atoms with E-state index in [9.17, 15) is 0 Å². The second-order valence-electron chi connectivity index (χ2n) is 24.5. The van der Waals surface area contributed by atoms with Crippen LogP contribution < -0.4 is 19.6 Å². The van der Waals surface area contributed by atoms with Gasteiger partial charge in [0.25, 0.3) is 0 Å². The minimum absolute atomic E-state index is 1.13. The Morgan fingerprint density at radius 1 is 0.196 bits per heavy atom. The van der Waals surface area contributed by atoms with Gasteiger partial charge >= 0.3 is 0 Å². The molecule has 4 nitrogen and oxygen atoms in total. The van der Waals surface area contributed by atoms with E-state index < -0.39 is 0 Å². The zero-order valence-electron chi connectivity index (χ0n) is 54.9. The Morgan fingerprint density at radius 3 is 0.663 bits per heavy atom. The smallest absolute Gasteiger partial charge is 0.0464 e. The van der Waals surface area contributed by atoms with Gasteiger partial charge in [-0.15, -0.1) is 0 Å². The first-order chi connectivity index (χ1) is 45.1. The first kappa shape index (κ1) is 63.4. The number of hydrogen-bond acceptors (Lipinski definition) is 4. The largest absolute Gasteiger partial charge is 0.311 e. The predicted molar refractivity (Wildman–Crippen MR) is 397 cm³/mol. The maximum Gasteiger partial charge on any atom is 0.0464 e. The lowest BCUT2D eigenvalue weighted by molar-refractivity contribution is 0.795. The van der Waals surface area contributed by atoms with Crippen molar-refractivity contribution in [2.45, 2.75) is 106 Å². The number of aryl methyl sites for hydroxylation is 7. The molecule has 0 saturated heterocycles. The summed E-state index contributed by atoms with van der Waals surface area (Å²) in [5, 5.41) is 0. The topological polar surface area (TPSA) is 13.0 Å². The van der Waals surface area contributed by atoms with Gasteiger partial charge in [-0.05, 0) is 267 Å². The van der Waals surface area contributed by atoms with Gasteiger partial charge in [-0.2, -0.15) is 0 Å². The lowest BCUT2D eigenvalue weighted by Gasteiger charge is -2.26. The van der Waals surface area contributed by atoms with Crippen LogP contribution in [0.25, 0.3) is 22.3 Å². The van der Waals surface area contributed by atoms with Gasteiger partial charge in [0.1, 0.15) is 0 Å². The van der Waals surface area contributed by atoms with Gasteiger partial charge in [0.15, 0.2) is 0 Å². The predicted octanol–water partition coefficient (Wildman–Crippen LogP) is 25.8. The van der Waals surface area contributed by atoms with Crippen molar-refractivity contribution in [3.05, 3.63) is 336 Å². The van der Waals surface area contributed by atoms with E-state index in [0.29, 0.717) is 0 Å². The standard InChI is InChI=1S/C46H48N2.C42H40N2/c1-5-7-11-37-16-26-42(27-17-37)47(41-24-14-35(3)15-25-41)44-30-20-39(21-31-44)40-22-32-45(33-23-40)48(46-13-9-10-36(4)34-46)43-28-18-38(19-29-43)12-8-6-2;1-4-5-13-34-18-24-38(25-19-34)44(42-17-10-12-33(3)31-42)40-28-22-36(23-29-40)35-20-26-39(27-21-35)43(37-14-7-6-8-15-37)41-16-9-11-32(2)30-41/h9-10,13-34H,5-8,11-12H2,1-4H3;6-12,14-31H,4-5,13H2,1-3H3. The summed E-state index contributed by atoms with van der Waals surface area (Å²) >= 11 is 0. The van der Waals surface area contributed by atoms with Crippen molar-refractivity contribution in [3.8, 4) is 22.3 Å². The molecule has 0 saturated carbocycles. The zero-order chi connectivity index (χ0) is 63.6. The van der Waals surface area contributed by atoms with Crippen LogP contribution in [-0.4, -0.2) is 0 Å². The van der Waals surface area contributed by atoms with E-state index in [1.165, 1.54) is 128 Å². The monoisotopic (exact) mass is 1200 g/mol. The van der Waals surface area contributed by atoms with Gasteiger partial charge in [-0.25, -0.2) is 0 Å². The molecular formula is C88H88N4. The number of benzene rings is 12. The van der Waals surface area contributed by atoms with E-state index in [4.69, 9.17) is 0 Å². The number of para-hydroxylation sites is 1.